The highest BCUT2D eigenvalue weighted by Gasteiger charge is 2.19. The highest BCUT2D eigenvalue weighted by molar-refractivity contribution is 5.45. The van der Waals surface area contributed by atoms with Crippen LogP contribution in [0.4, 0.5) is 0 Å². The molecule has 1 aliphatic heterocycles. The monoisotopic (exact) mass is 193 g/mol. The van der Waals surface area contributed by atoms with Crippen LogP contribution in [-0.4, -0.2) is 24.3 Å². The number of phenols is 1. The van der Waals surface area contributed by atoms with Gasteiger partial charge in [-0.1, -0.05) is 0 Å². The quantitative estimate of drug-likeness (QED) is 0.745. The van der Waals surface area contributed by atoms with Crippen LogP contribution in [0, 0.1) is 13.8 Å². The lowest BCUT2D eigenvalue weighted by atomic mass is 10.1. The van der Waals surface area contributed by atoms with E-state index in [0.29, 0.717) is 5.75 Å². The molecule has 76 valence electrons. The first-order valence-electron chi connectivity index (χ1n) is 4.84. The summed E-state index contributed by atoms with van der Waals surface area (Å²) in [5.41, 5.74) is 2.23. The number of aryl methyl sites for hydroxylation is 2. The summed E-state index contributed by atoms with van der Waals surface area (Å²) < 4.78 is 5.60. The minimum atomic E-state index is 0.211. The Bertz CT molecular complexity index is 345. The number of ether oxygens (including phenoxy) is 1. The van der Waals surface area contributed by atoms with Crippen LogP contribution in [0.1, 0.15) is 11.1 Å². The number of benzene rings is 1. The van der Waals surface area contributed by atoms with Gasteiger partial charge in [0.25, 0.3) is 0 Å². The Morgan fingerprint density at radius 2 is 1.93 bits per heavy atom. The van der Waals surface area contributed by atoms with E-state index in [0.717, 1.165) is 24.2 Å². The lowest BCUT2D eigenvalue weighted by Crippen LogP contribution is -2.50. The molecular weight excluding hydrogens is 178 g/mol. The van der Waals surface area contributed by atoms with Crippen LogP contribution < -0.4 is 10.1 Å². The number of phenolic OH excluding ortho intramolecular Hbond substituents is 1. The second-order valence-corrected chi connectivity index (χ2v) is 3.80. The summed E-state index contributed by atoms with van der Waals surface area (Å²) in [6.07, 6.45) is 0.211. The van der Waals surface area contributed by atoms with E-state index in [1.807, 2.05) is 19.9 Å². The van der Waals surface area contributed by atoms with Crippen LogP contribution >= 0.6 is 0 Å². The smallest absolute Gasteiger partial charge is 0.161 e. The molecule has 3 heteroatoms. The lowest BCUT2D eigenvalue weighted by molar-refractivity contribution is 0.137. The number of hydrogen-bond acceptors (Lipinski definition) is 3. The number of aromatic hydroxyl groups is 1. The molecule has 1 saturated heterocycles. The molecule has 3 nitrogen and oxygen atoms in total. The minimum Gasteiger partial charge on any atom is -0.504 e. The predicted octanol–water partition coefficient (Wildman–Crippen LogP) is 1.36. The summed E-state index contributed by atoms with van der Waals surface area (Å²) in [6, 6.07) is 3.64. The van der Waals surface area contributed by atoms with Crippen LogP contribution in [0.15, 0.2) is 12.1 Å². The third-order valence-corrected chi connectivity index (χ3v) is 2.61. The summed E-state index contributed by atoms with van der Waals surface area (Å²) in [5.74, 6) is 0.833. The summed E-state index contributed by atoms with van der Waals surface area (Å²) in [5, 5.41) is 12.8. The van der Waals surface area contributed by atoms with Crippen LogP contribution in [0.3, 0.4) is 0 Å². The van der Waals surface area contributed by atoms with Crippen LogP contribution in [0.2, 0.25) is 0 Å². The van der Waals surface area contributed by atoms with E-state index in [1.54, 1.807) is 6.07 Å². The van der Waals surface area contributed by atoms with Crippen molar-refractivity contribution in [3.05, 3.63) is 23.3 Å². The number of rotatable bonds is 2. The van der Waals surface area contributed by atoms with E-state index in [2.05, 4.69) is 5.32 Å². The average molecular weight is 193 g/mol. The topological polar surface area (TPSA) is 41.5 Å². The number of hydrogen-bond donors (Lipinski definition) is 2. The van der Waals surface area contributed by atoms with Gasteiger partial charge in [-0.3, -0.25) is 0 Å². The molecular formula is C11H15NO2. The molecule has 0 unspecified atom stereocenters. The van der Waals surface area contributed by atoms with Gasteiger partial charge in [-0.2, -0.15) is 0 Å². The fourth-order valence-electron chi connectivity index (χ4n) is 1.39. The van der Waals surface area contributed by atoms with E-state index in [9.17, 15) is 5.11 Å². The van der Waals surface area contributed by atoms with E-state index in [1.165, 1.54) is 0 Å². The molecule has 0 saturated carbocycles. The molecule has 0 radical (unpaired) electrons. The zero-order chi connectivity index (χ0) is 10.1. The summed E-state index contributed by atoms with van der Waals surface area (Å²) >= 11 is 0. The standard InChI is InChI=1S/C11H15NO2/c1-7-3-10(13)11(4-8(7)2)14-9-5-12-6-9/h3-4,9,12-13H,5-6H2,1-2H3. The Labute approximate surface area is 83.7 Å². The third kappa shape index (κ3) is 1.68. The first-order chi connectivity index (χ1) is 6.66. The van der Waals surface area contributed by atoms with Gasteiger partial charge >= 0.3 is 0 Å². The molecule has 0 amide bonds. The predicted molar refractivity (Wildman–Crippen MR) is 54.9 cm³/mol. The maximum Gasteiger partial charge on any atom is 0.161 e. The van der Waals surface area contributed by atoms with E-state index in [4.69, 9.17) is 4.74 Å². The van der Waals surface area contributed by atoms with Crippen LogP contribution in [-0.2, 0) is 0 Å². The van der Waals surface area contributed by atoms with Crippen molar-refractivity contribution < 1.29 is 9.84 Å². The molecule has 2 rings (SSSR count). The maximum absolute atomic E-state index is 9.64. The molecule has 0 bridgehead atoms. The van der Waals surface area contributed by atoms with Crippen molar-refractivity contribution in [1.29, 1.82) is 0 Å². The van der Waals surface area contributed by atoms with Gasteiger partial charge in [-0.25, -0.2) is 0 Å². The summed E-state index contributed by atoms with van der Waals surface area (Å²) in [6.45, 7) is 5.73. The zero-order valence-corrected chi connectivity index (χ0v) is 8.50. The Kier molecular flexibility index (Phi) is 2.33. The molecule has 1 aliphatic rings. The van der Waals surface area contributed by atoms with E-state index < -0.39 is 0 Å². The van der Waals surface area contributed by atoms with E-state index >= 15 is 0 Å². The Hall–Kier alpha value is -1.22. The van der Waals surface area contributed by atoms with Gasteiger partial charge in [0.15, 0.2) is 11.5 Å². The fourth-order valence-corrected chi connectivity index (χ4v) is 1.39. The van der Waals surface area contributed by atoms with Gasteiger partial charge < -0.3 is 15.2 Å². The average Bonchev–Trinajstić information content (AvgIpc) is 2.06. The number of nitrogens with one attached hydrogen (secondary N) is 1. The highest BCUT2D eigenvalue weighted by atomic mass is 16.5. The SMILES string of the molecule is Cc1cc(O)c(OC2CNC2)cc1C. The Balaban J connectivity index is 2.19. The molecule has 1 heterocycles. The molecule has 14 heavy (non-hydrogen) atoms. The molecule has 0 spiro atoms. The second-order valence-electron chi connectivity index (χ2n) is 3.80. The van der Waals surface area contributed by atoms with Gasteiger partial charge in [0.1, 0.15) is 6.10 Å². The molecule has 0 atom stereocenters. The van der Waals surface area contributed by atoms with Gasteiger partial charge in [-0.05, 0) is 37.1 Å². The van der Waals surface area contributed by atoms with Crippen molar-refractivity contribution in [3.8, 4) is 11.5 Å². The van der Waals surface area contributed by atoms with Crippen LogP contribution in [0.5, 0.6) is 11.5 Å². The second kappa shape index (κ2) is 3.50. The van der Waals surface area contributed by atoms with Crippen molar-refractivity contribution in [3.63, 3.8) is 0 Å². The first-order valence-corrected chi connectivity index (χ1v) is 4.84. The largest absolute Gasteiger partial charge is 0.504 e. The van der Waals surface area contributed by atoms with E-state index in [-0.39, 0.29) is 11.9 Å². The Morgan fingerprint density at radius 3 is 2.50 bits per heavy atom. The third-order valence-electron chi connectivity index (χ3n) is 2.61. The van der Waals surface area contributed by atoms with Crippen molar-refractivity contribution in [2.24, 2.45) is 0 Å². The van der Waals surface area contributed by atoms with Gasteiger partial charge in [0.05, 0.1) is 0 Å². The fraction of sp³-hybridized carbons (Fsp3) is 0.455. The molecule has 0 aromatic heterocycles. The lowest BCUT2D eigenvalue weighted by Gasteiger charge is -2.28. The minimum absolute atomic E-state index is 0.211. The van der Waals surface area contributed by atoms with Gasteiger partial charge in [0, 0.05) is 13.1 Å². The van der Waals surface area contributed by atoms with Crippen molar-refractivity contribution in [2.45, 2.75) is 20.0 Å². The first kappa shape index (κ1) is 9.34. The molecule has 1 fully saturated rings. The van der Waals surface area contributed by atoms with Gasteiger partial charge in [-0.15, -0.1) is 0 Å². The zero-order valence-electron chi connectivity index (χ0n) is 8.50. The Morgan fingerprint density at radius 1 is 1.29 bits per heavy atom. The van der Waals surface area contributed by atoms with Crippen molar-refractivity contribution in [1.82, 2.24) is 5.32 Å². The maximum atomic E-state index is 9.64. The van der Waals surface area contributed by atoms with Gasteiger partial charge in [0.2, 0.25) is 0 Å². The molecule has 2 N–H and O–H groups in total. The van der Waals surface area contributed by atoms with Crippen LogP contribution in [0.25, 0.3) is 0 Å². The summed E-state index contributed by atoms with van der Waals surface area (Å²) in [7, 11) is 0. The molecule has 1 aromatic rings. The highest BCUT2D eigenvalue weighted by Crippen LogP contribution is 2.30. The molecule has 1 aromatic carbocycles. The van der Waals surface area contributed by atoms with Crippen molar-refractivity contribution in [2.75, 3.05) is 13.1 Å². The summed E-state index contributed by atoms with van der Waals surface area (Å²) in [4.78, 5) is 0. The molecule has 0 aliphatic carbocycles. The van der Waals surface area contributed by atoms with Crippen molar-refractivity contribution >= 4 is 0 Å². The normalized spacial score (nSPS) is 16.4.